The third kappa shape index (κ3) is 1.89. The Kier molecular flexibility index (Phi) is 3.29. The average Bonchev–Trinajstić information content (AvgIpc) is 2.32. The van der Waals surface area contributed by atoms with Crippen molar-refractivity contribution in [1.82, 2.24) is 0 Å². The molecule has 1 aliphatic rings. The lowest BCUT2D eigenvalue weighted by Crippen LogP contribution is -2.16. The number of hydrogen-bond acceptors (Lipinski definition) is 3. The van der Waals surface area contributed by atoms with Gasteiger partial charge < -0.3 is 14.6 Å². The number of aliphatic hydroxyl groups excluding tert-OH is 1. The van der Waals surface area contributed by atoms with Gasteiger partial charge in [0.15, 0.2) is 11.5 Å². The van der Waals surface area contributed by atoms with Gasteiger partial charge in [0.05, 0.1) is 20.3 Å². The molecule has 1 aromatic rings. The van der Waals surface area contributed by atoms with Gasteiger partial charge in [0.25, 0.3) is 0 Å². The first-order valence-corrected chi connectivity index (χ1v) is 6.03. The van der Waals surface area contributed by atoms with Crippen molar-refractivity contribution in [3.63, 3.8) is 0 Å². The van der Waals surface area contributed by atoms with Crippen LogP contribution >= 0.6 is 0 Å². The largest absolute Gasteiger partial charge is 0.493 e. The van der Waals surface area contributed by atoms with Crippen LogP contribution in [-0.4, -0.2) is 19.3 Å². The van der Waals surface area contributed by atoms with E-state index in [1.807, 2.05) is 6.07 Å². The molecule has 3 nitrogen and oxygen atoms in total. The molecule has 0 saturated heterocycles. The van der Waals surface area contributed by atoms with Gasteiger partial charge in [-0.1, -0.05) is 6.92 Å². The minimum Gasteiger partial charge on any atom is -0.493 e. The van der Waals surface area contributed by atoms with Crippen LogP contribution in [0.1, 0.15) is 48.5 Å². The molecule has 0 aliphatic heterocycles. The minimum atomic E-state index is -0.440. The molecule has 0 aromatic heterocycles. The zero-order chi connectivity index (χ0) is 12.6. The Morgan fingerprint density at radius 3 is 2.47 bits per heavy atom. The van der Waals surface area contributed by atoms with Crippen LogP contribution in [-0.2, 0) is 0 Å². The van der Waals surface area contributed by atoms with Crippen molar-refractivity contribution in [2.24, 2.45) is 0 Å². The number of benzene rings is 1. The number of fused-ring (bicyclic) bond motifs is 1. The molecular weight excluding hydrogens is 216 g/mol. The van der Waals surface area contributed by atoms with E-state index in [0.717, 1.165) is 18.4 Å². The first-order chi connectivity index (χ1) is 8.10. The molecule has 0 heterocycles. The van der Waals surface area contributed by atoms with Crippen LogP contribution in [0.3, 0.4) is 0 Å². The Balaban J connectivity index is 2.70. The van der Waals surface area contributed by atoms with Crippen molar-refractivity contribution in [3.8, 4) is 11.5 Å². The minimum absolute atomic E-state index is 0.440. The normalized spacial score (nSPS) is 23.1. The highest BCUT2D eigenvalue weighted by Crippen LogP contribution is 2.47. The molecule has 1 aliphatic carbocycles. The third-order valence-electron chi connectivity index (χ3n) is 3.65. The van der Waals surface area contributed by atoms with Gasteiger partial charge in [-0.15, -0.1) is 0 Å². The molecule has 0 spiro atoms. The van der Waals surface area contributed by atoms with Gasteiger partial charge in [-0.05, 0) is 42.9 Å². The Morgan fingerprint density at radius 1 is 1.18 bits per heavy atom. The van der Waals surface area contributed by atoms with Crippen LogP contribution in [0.25, 0.3) is 0 Å². The standard InChI is InChI=1S/C14H20O3/c1-8-5-6-10(15)13-12(8)9(2)7-11(16-3)14(13)17-4/h7-8,10,15H,5-6H2,1-4H3. The van der Waals surface area contributed by atoms with E-state index in [1.165, 1.54) is 11.1 Å². The van der Waals surface area contributed by atoms with Crippen molar-refractivity contribution in [2.45, 2.75) is 38.7 Å². The van der Waals surface area contributed by atoms with Crippen LogP contribution in [0, 0.1) is 6.92 Å². The first-order valence-electron chi connectivity index (χ1n) is 6.03. The van der Waals surface area contributed by atoms with E-state index in [2.05, 4.69) is 13.8 Å². The molecule has 17 heavy (non-hydrogen) atoms. The predicted molar refractivity (Wildman–Crippen MR) is 66.9 cm³/mol. The van der Waals surface area contributed by atoms with E-state index in [0.29, 0.717) is 17.4 Å². The van der Waals surface area contributed by atoms with Crippen molar-refractivity contribution >= 4 is 0 Å². The molecule has 1 aromatic carbocycles. The number of aryl methyl sites for hydroxylation is 1. The maximum Gasteiger partial charge on any atom is 0.166 e. The predicted octanol–water partition coefficient (Wildman–Crippen LogP) is 2.94. The van der Waals surface area contributed by atoms with E-state index >= 15 is 0 Å². The zero-order valence-electron chi connectivity index (χ0n) is 10.9. The summed E-state index contributed by atoms with van der Waals surface area (Å²) in [6.07, 6.45) is 1.37. The summed E-state index contributed by atoms with van der Waals surface area (Å²) in [7, 11) is 3.25. The fraction of sp³-hybridized carbons (Fsp3) is 0.571. The fourth-order valence-corrected chi connectivity index (χ4v) is 2.85. The second kappa shape index (κ2) is 4.57. The Hall–Kier alpha value is -1.22. The zero-order valence-corrected chi connectivity index (χ0v) is 10.9. The van der Waals surface area contributed by atoms with Crippen LogP contribution in [0.2, 0.25) is 0 Å². The number of hydrogen-bond donors (Lipinski definition) is 1. The second-order valence-corrected chi connectivity index (χ2v) is 4.75. The molecule has 0 bridgehead atoms. The maximum atomic E-state index is 10.2. The Morgan fingerprint density at radius 2 is 1.88 bits per heavy atom. The van der Waals surface area contributed by atoms with Crippen molar-refractivity contribution in [2.75, 3.05) is 14.2 Å². The number of methoxy groups -OCH3 is 2. The van der Waals surface area contributed by atoms with Crippen LogP contribution < -0.4 is 9.47 Å². The van der Waals surface area contributed by atoms with Gasteiger partial charge >= 0.3 is 0 Å². The van der Waals surface area contributed by atoms with Gasteiger partial charge in [0, 0.05) is 5.56 Å². The first kappa shape index (κ1) is 12.2. The van der Waals surface area contributed by atoms with Gasteiger partial charge in [0.1, 0.15) is 0 Å². The number of ether oxygens (including phenoxy) is 2. The van der Waals surface area contributed by atoms with Gasteiger partial charge in [0.2, 0.25) is 0 Å². The molecule has 0 amide bonds. The highest BCUT2D eigenvalue weighted by Gasteiger charge is 2.30. The maximum absolute atomic E-state index is 10.2. The fourth-order valence-electron chi connectivity index (χ4n) is 2.85. The molecule has 0 radical (unpaired) electrons. The molecule has 1 N–H and O–H groups in total. The highest BCUT2D eigenvalue weighted by atomic mass is 16.5. The molecule has 3 heteroatoms. The summed E-state index contributed by atoms with van der Waals surface area (Å²) < 4.78 is 10.8. The summed E-state index contributed by atoms with van der Waals surface area (Å²) >= 11 is 0. The van der Waals surface area contributed by atoms with E-state index in [4.69, 9.17) is 9.47 Å². The molecule has 2 unspecified atom stereocenters. The number of aliphatic hydroxyl groups is 1. The lowest BCUT2D eigenvalue weighted by atomic mass is 9.79. The van der Waals surface area contributed by atoms with E-state index < -0.39 is 6.10 Å². The van der Waals surface area contributed by atoms with Crippen LogP contribution in [0.4, 0.5) is 0 Å². The average molecular weight is 236 g/mol. The Bertz CT molecular complexity index is 426. The van der Waals surface area contributed by atoms with Gasteiger partial charge in [-0.2, -0.15) is 0 Å². The summed E-state index contributed by atoms with van der Waals surface area (Å²) in [5.74, 6) is 1.86. The SMILES string of the molecule is COc1cc(C)c2c(c1OC)C(O)CCC2C. The monoisotopic (exact) mass is 236 g/mol. The second-order valence-electron chi connectivity index (χ2n) is 4.75. The summed E-state index contributed by atoms with van der Waals surface area (Å²) in [4.78, 5) is 0. The quantitative estimate of drug-likeness (QED) is 0.858. The molecule has 94 valence electrons. The lowest BCUT2D eigenvalue weighted by molar-refractivity contribution is 0.146. The van der Waals surface area contributed by atoms with Crippen molar-refractivity contribution in [1.29, 1.82) is 0 Å². The van der Waals surface area contributed by atoms with Crippen LogP contribution in [0.5, 0.6) is 11.5 Å². The van der Waals surface area contributed by atoms with Gasteiger partial charge in [-0.25, -0.2) is 0 Å². The molecule has 0 fully saturated rings. The Labute approximate surface area is 102 Å². The summed E-state index contributed by atoms with van der Waals surface area (Å²) in [5.41, 5.74) is 3.31. The molecule has 2 atom stereocenters. The third-order valence-corrected chi connectivity index (χ3v) is 3.65. The summed E-state index contributed by atoms with van der Waals surface area (Å²) in [6.45, 7) is 4.26. The lowest BCUT2D eigenvalue weighted by Gasteiger charge is -2.30. The van der Waals surface area contributed by atoms with Crippen molar-refractivity contribution < 1.29 is 14.6 Å². The highest BCUT2D eigenvalue weighted by molar-refractivity contribution is 5.57. The smallest absolute Gasteiger partial charge is 0.166 e. The van der Waals surface area contributed by atoms with Crippen LogP contribution in [0.15, 0.2) is 6.07 Å². The van der Waals surface area contributed by atoms with E-state index in [1.54, 1.807) is 14.2 Å². The molecule has 0 saturated carbocycles. The van der Waals surface area contributed by atoms with E-state index in [-0.39, 0.29) is 0 Å². The summed E-state index contributed by atoms with van der Waals surface area (Å²) in [5, 5.41) is 10.2. The molecular formula is C14H20O3. The van der Waals surface area contributed by atoms with Crippen molar-refractivity contribution in [3.05, 3.63) is 22.8 Å². The number of rotatable bonds is 2. The molecule has 2 rings (SSSR count). The topological polar surface area (TPSA) is 38.7 Å². The van der Waals surface area contributed by atoms with Gasteiger partial charge in [-0.3, -0.25) is 0 Å². The van der Waals surface area contributed by atoms with E-state index in [9.17, 15) is 5.11 Å². The summed E-state index contributed by atoms with van der Waals surface area (Å²) in [6, 6.07) is 1.99.